The molecule has 1 saturated heterocycles. The zero-order valence-corrected chi connectivity index (χ0v) is 11.6. The van der Waals surface area contributed by atoms with Crippen LogP contribution in [-0.4, -0.2) is 10.4 Å². The fourth-order valence-corrected chi connectivity index (χ4v) is 3.07. The summed E-state index contributed by atoms with van der Waals surface area (Å²) in [6.45, 7) is 0. The van der Waals surface area contributed by atoms with Crippen molar-refractivity contribution in [3.05, 3.63) is 34.9 Å². The maximum absolute atomic E-state index is 11.4. The van der Waals surface area contributed by atoms with E-state index < -0.39 is 5.60 Å². The van der Waals surface area contributed by atoms with Gasteiger partial charge in [0.15, 0.2) is 0 Å². The monoisotopic (exact) mass is 350 g/mol. The largest absolute Gasteiger partial charge is 0.453 e. The number of cyclic esters (lactones) is 1. The second kappa shape index (κ2) is 4.92. The number of carbonyl (C=O) groups excluding carboxylic acids is 1. The molecule has 16 heavy (non-hydrogen) atoms. The zero-order valence-electron chi connectivity index (χ0n) is 8.71. The molecule has 1 aromatic rings. The number of hydrogen-bond acceptors (Lipinski definition) is 2. The van der Waals surface area contributed by atoms with Gasteiger partial charge in [-0.2, -0.15) is 0 Å². The highest BCUT2D eigenvalue weighted by molar-refractivity contribution is 14.1. The molecule has 86 valence electrons. The Morgan fingerprint density at radius 3 is 2.62 bits per heavy atom. The van der Waals surface area contributed by atoms with Crippen LogP contribution in [0.4, 0.5) is 0 Å². The minimum absolute atomic E-state index is 0.0992. The highest BCUT2D eigenvalue weighted by atomic mass is 127. The van der Waals surface area contributed by atoms with Gasteiger partial charge in [-0.1, -0.05) is 46.3 Å². The molecule has 2 nitrogen and oxygen atoms in total. The molecule has 0 aliphatic carbocycles. The molecule has 1 aliphatic heterocycles. The van der Waals surface area contributed by atoms with Crippen LogP contribution >= 0.6 is 34.2 Å². The Balaban J connectivity index is 2.33. The summed E-state index contributed by atoms with van der Waals surface area (Å²) in [5, 5.41) is 0.703. The number of carbonyl (C=O) groups is 1. The van der Waals surface area contributed by atoms with Gasteiger partial charge in [0.05, 0.1) is 0 Å². The predicted octanol–water partition coefficient (Wildman–Crippen LogP) is 3.70. The van der Waals surface area contributed by atoms with E-state index in [2.05, 4.69) is 22.6 Å². The van der Waals surface area contributed by atoms with Crippen LogP contribution < -0.4 is 0 Å². The van der Waals surface area contributed by atoms with Crippen LogP contribution in [0.3, 0.4) is 0 Å². The van der Waals surface area contributed by atoms with Gasteiger partial charge in [0.2, 0.25) is 0 Å². The minimum atomic E-state index is -0.444. The number of hydrogen-bond donors (Lipinski definition) is 0. The molecule has 1 fully saturated rings. The Labute approximate surface area is 113 Å². The van der Waals surface area contributed by atoms with Gasteiger partial charge in [-0.3, -0.25) is 4.79 Å². The molecule has 0 spiro atoms. The van der Waals surface area contributed by atoms with Crippen molar-refractivity contribution in [2.45, 2.75) is 24.9 Å². The molecule has 0 radical (unpaired) electrons. The van der Waals surface area contributed by atoms with E-state index in [-0.39, 0.29) is 5.97 Å². The molecule has 0 unspecified atom stereocenters. The first-order valence-corrected chi connectivity index (χ1v) is 7.10. The summed E-state index contributed by atoms with van der Waals surface area (Å²) in [4.78, 5) is 11.4. The summed E-state index contributed by atoms with van der Waals surface area (Å²) in [6, 6.07) is 7.57. The van der Waals surface area contributed by atoms with E-state index in [4.69, 9.17) is 16.3 Å². The predicted molar refractivity (Wildman–Crippen MR) is 72.0 cm³/mol. The van der Waals surface area contributed by atoms with Crippen LogP contribution in [-0.2, 0) is 15.1 Å². The first-order valence-electron chi connectivity index (χ1n) is 5.20. The van der Waals surface area contributed by atoms with E-state index >= 15 is 0 Å². The van der Waals surface area contributed by atoms with Crippen LogP contribution in [0.5, 0.6) is 0 Å². The molecule has 2 rings (SSSR count). The summed E-state index contributed by atoms with van der Waals surface area (Å²) in [5.41, 5.74) is 0.597. The van der Waals surface area contributed by atoms with Crippen LogP contribution in [0.1, 0.15) is 24.8 Å². The standard InChI is InChI=1S/C12H12ClIO2/c13-10-5-3-9(4-6-10)12(8-14)7-1-2-11(15)16-12/h3-6H,1-2,7-8H2/t12-/m0/s1. The smallest absolute Gasteiger partial charge is 0.306 e. The lowest BCUT2D eigenvalue weighted by Gasteiger charge is -2.35. The van der Waals surface area contributed by atoms with Crippen LogP contribution in [0, 0.1) is 0 Å². The zero-order chi connectivity index (χ0) is 11.6. The summed E-state index contributed by atoms with van der Waals surface area (Å²) >= 11 is 8.13. The summed E-state index contributed by atoms with van der Waals surface area (Å²) in [7, 11) is 0. The Hall–Kier alpha value is -0.290. The maximum Gasteiger partial charge on any atom is 0.306 e. The van der Waals surface area contributed by atoms with Gasteiger partial charge in [0.1, 0.15) is 5.60 Å². The van der Waals surface area contributed by atoms with Crippen molar-refractivity contribution in [1.29, 1.82) is 0 Å². The fourth-order valence-electron chi connectivity index (χ4n) is 1.97. The van der Waals surface area contributed by atoms with Gasteiger partial charge in [0.25, 0.3) is 0 Å². The number of benzene rings is 1. The molecule has 1 heterocycles. The van der Waals surface area contributed by atoms with E-state index in [0.717, 1.165) is 22.8 Å². The molecule has 1 aromatic carbocycles. The topological polar surface area (TPSA) is 26.3 Å². The molecule has 1 aliphatic rings. The molecule has 1 atom stereocenters. The highest BCUT2D eigenvalue weighted by Gasteiger charge is 2.38. The van der Waals surface area contributed by atoms with Gasteiger partial charge in [-0.25, -0.2) is 0 Å². The maximum atomic E-state index is 11.4. The number of alkyl halides is 1. The normalized spacial score (nSPS) is 25.2. The second-order valence-electron chi connectivity index (χ2n) is 3.96. The molecule has 0 amide bonds. The average Bonchev–Trinajstić information content (AvgIpc) is 2.29. The SMILES string of the molecule is O=C1CCC[C@](CI)(c2ccc(Cl)cc2)O1. The van der Waals surface area contributed by atoms with E-state index in [0.29, 0.717) is 11.4 Å². The Morgan fingerprint density at radius 1 is 1.38 bits per heavy atom. The first-order chi connectivity index (χ1) is 7.66. The molecule has 0 aromatic heterocycles. The van der Waals surface area contributed by atoms with Crippen molar-refractivity contribution in [2.75, 3.05) is 4.43 Å². The van der Waals surface area contributed by atoms with Gasteiger partial charge in [-0.15, -0.1) is 0 Å². The number of rotatable bonds is 2. The van der Waals surface area contributed by atoms with Crippen LogP contribution in [0.15, 0.2) is 24.3 Å². The second-order valence-corrected chi connectivity index (χ2v) is 5.16. The van der Waals surface area contributed by atoms with E-state index in [1.54, 1.807) is 0 Å². The lowest BCUT2D eigenvalue weighted by Crippen LogP contribution is -2.37. The summed E-state index contributed by atoms with van der Waals surface area (Å²) < 4.78 is 6.34. The van der Waals surface area contributed by atoms with Gasteiger partial charge >= 0.3 is 5.97 Å². The molecule has 0 N–H and O–H groups in total. The summed E-state index contributed by atoms with van der Waals surface area (Å²) in [6.07, 6.45) is 2.32. The minimum Gasteiger partial charge on any atom is -0.453 e. The third-order valence-electron chi connectivity index (χ3n) is 2.86. The van der Waals surface area contributed by atoms with Crippen molar-refractivity contribution in [1.82, 2.24) is 0 Å². The van der Waals surface area contributed by atoms with Crippen molar-refractivity contribution >= 4 is 40.2 Å². The van der Waals surface area contributed by atoms with E-state index in [1.807, 2.05) is 24.3 Å². The van der Waals surface area contributed by atoms with E-state index in [1.165, 1.54) is 0 Å². The average molecular weight is 351 g/mol. The van der Waals surface area contributed by atoms with Gasteiger partial charge in [0, 0.05) is 15.9 Å². The highest BCUT2D eigenvalue weighted by Crippen LogP contribution is 2.37. The lowest BCUT2D eigenvalue weighted by atomic mass is 9.88. The third kappa shape index (κ3) is 2.35. The number of halogens is 2. The Bertz CT molecular complexity index is 391. The van der Waals surface area contributed by atoms with Crippen molar-refractivity contribution in [3.63, 3.8) is 0 Å². The first kappa shape index (κ1) is 12.2. The molecular weight excluding hydrogens is 338 g/mol. The number of esters is 1. The number of ether oxygens (including phenoxy) is 1. The molecule has 4 heteroatoms. The van der Waals surface area contributed by atoms with Crippen LogP contribution in [0.2, 0.25) is 5.02 Å². The Kier molecular flexibility index (Phi) is 3.74. The molecular formula is C12H12ClIO2. The molecule has 0 saturated carbocycles. The quantitative estimate of drug-likeness (QED) is 0.462. The van der Waals surface area contributed by atoms with Crippen molar-refractivity contribution in [3.8, 4) is 0 Å². The Morgan fingerprint density at radius 2 is 2.06 bits per heavy atom. The third-order valence-corrected chi connectivity index (χ3v) is 4.34. The van der Waals surface area contributed by atoms with E-state index in [9.17, 15) is 4.79 Å². The van der Waals surface area contributed by atoms with Crippen LogP contribution in [0.25, 0.3) is 0 Å². The van der Waals surface area contributed by atoms with Crippen molar-refractivity contribution in [2.24, 2.45) is 0 Å². The fraction of sp³-hybridized carbons (Fsp3) is 0.417. The summed E-state index contributed by atoms with van der Waals surface area (Å²) in [5.74, 6) is -0.0992. The van der Waals surface area contributed by atoms with Crippen molar-refractivity contribution < 1.29 is 9.53 Å². The van der Waals surface area contributed by atoms with Gasteiger partial charge in [-0.05, 0) is 30.5 Å². The molecule has 0 bridgehead atoms. The lowest BCUT2D eigenvalue weighted by molar-refractivity contribution is -0.165. The van der Waals surface area contributed by atoms with Gasteiger partial charge < -0.3 is 4.74 Å².